The quantitative estimate of drug-likeness (QED) is 0.784. The molecule has 106 valence electrons. The third-order valence-corrected chi connectivity index (χ3v) is 3.94. The Hall–Kier alpha value is -1.51. The molecule has 3 nitrogen and oxygen atoms in total. The van der Waals surface area contributed by atoms with Crippen molar-refractivity contribution in [3.63, 3.8) is 0 Å². The molecule has 19 heavy (non-hydrogen) atoms. The topological polar surface area (TPSA) is 41.1 Å². The SMILES string of the molecule is CCNc1ccc(C(=O)NC(CC)(CC)CC)cc1. The van der Waals surface area contributed by atoms with E-state index in [9.17, 15) is 4.79 Å². The van der Waals surface area contributed by atoms with E-state index in [-0.39, 0.29) is 11.4 Å². The first-order valence-electron chi connectivity index (χ1n) is 7.27. The van der Waals surface area contributed by atoms with Gasteiger partial charge in [-0.05, 0) is 50.5 Å². The zero-order chi connectivity index (χ0) is 14.3. The second-order valence-corrected chi connectivity index (χ2v) is 4.90. The fourth-order valence-corrected chi connectivity index (χ4v) is 2.27. The van der Waals surface area contributed by atoms with Gasteiger partial charge in [-0.3, -0.25) is 4.79 Å². The van der Waals surface area contributed by atoms with E-state index in [4.69, 9.17) is 0 Å². The van der Waals surface area contributed by atoms with E-state index in [1.54, 1.807) is 0 Å². The van der Waals surface area contributed by atoms with Crippen molar-refractivity contribution in [2.24, 2.45) is 0 Å². The molecule has 0 heterocycles. The Bertz CT molecular complexity index is 385. The minimum Gasteiger partial charge on any atom is -0.385 e. The van der Waals surface area contributed by atoms with Gasteiger partial charge in [0.1, 0.15) is 0 Å². The van der Waals surface area contributed by atoms with Crippen molar-refractivity contribution < 1.29 is 4.79 Å². The van der Waals surface area contributed by atoms with Crippen LogP contribution < -0.4 is 10.6 Å². The Kier molecular flexibility index (Phi) is 5.87. The predicted molar refractivity (Wildman–Crippen MR) is 81.7 cm³/mol. The molecule has 0 spiro atoms. The molecule has 0 saturated carbocycles. The van der Waals surface area contributed by atoms with Crippen molar-refractivity contribution in [1.29, 1.82) is 0 Å². The highest BCUT2D eigenvalue weighted by Gasteiger charge is 2.26. The third kappa shape index (κ3) is 3.98. The molecule has 1 amide bonds. The molecular weight excluding hydrogens is 236 g/mol. The first-order chi connectivity index (χ1) is 9.10. The van der Waals surface area contributed by atoms with Gasteiger partial charge < -0.3 is 10.6 Å². The van der Waals surface area contributed by atoms with Crippen LogP contribution >= 0.6 is 0 Å². The standard InChI is InChI=1S/C16H26N2O/c1-5-16(6-2,7-3)18-15(19)13-9-11-14(12-10-13)17-8-4/h9-12,17H,5-8H2,1-4H3,(H,18,19). The summed E-state index contributed by atoms with van der Waals surface area (Å²) in [6.07, 6.45) is 2.88. The molecule has 0 aliphatic heterocycles. The smallest absolute Gasteiger partial charge is 0.251 e. The maximum absolute atomic E-state index is 12.3. The van der Waals surface area contributed by atoms with Crippen molar-refractivity contribution in [3.05, 3.63) is 29.8 Å². The molecule has 1 aromatic rings. The summed E-state index contributed by atoms with van der Waals surface area (Å²) in [6.45, 7) is 9.32. The predicted octanol–water partition coefficient (Wildman–Crippen LogP) is 3.82. The highest BCUT2D eigenvalue weighted by molar-refractivity contribution is 5.95. The summed E-state index contributed by atoms with van der Waals surface area (Å²) < 4.78 is 0. The molecule has 0 unspecified atom stereocenters. The number of benzene rings is 1. The molecule has 0 radical (unpaired) electrons. The summed E-state index contributed by atoms with van der Waals surface area (Å²) in [4.78, 5) is 12.3. The molecule has 0 aliphatic rings. The molecule has 1 aromatic carbocycles. The van der Waals surface area contributed by atoms with E-state index < -0.39 is 0 Å². The number of amides is 1. The largest absolute Gasteiger partial charge is 0.385 e. The Morgan fingerprint density at radius 1 is 1.00 bits per heavy atom. The summed E-state index contributed by atoms with van der Waals surface area (Å²) in [5.41, 5.74) is 1.70. The highest BCUT2D eigenvalue weighted by atomic mass is 16.1. The second-order valence-electron chi connectivity index (χ2n) is 4.90. The molecule has 1 rings (SSSR count). The minimum absolute atomic E-state index is 0.0219. The minimum atomic E-state index is -0.0720. The first-order valence-corrected chi connectivity index (χ1v) is 7.27. The van der Waals surface area contributed by atoms with E-state index in [2.05, 4.69) is 38.3 Å². The molecular formula is C16H26N2O. The van der Waals surface area contributed by atoms with E-state index in [1.807, 2.05) is 24.3 Å². The third-order valence-electron chi connectivity index (χ3n) is 3.94. The average Bonchev–Trinajstić information content (AvgIpc) is 2.46. The van der Waals surface area contributed by atoms with Gasteiger partial charge in [-0.25, -0.2) is 0 Å². The number of hydrogen-bond donors (Lipinski definition) is 2. The van der Waals surface area contributed by atoms with Crippen molar-refractivity contribution >= 4 is 11.6 Å². The Morgan fingerprint density at radius 3 is 1.95 bits per heavy atom. The summed E-state index contributed by atoms with van der Waals surface area (Å²) in [5, 5.41) is 6.41. The van der Waals surface area contributed by atoms with Gasteiger partial charge in [-0.15, -0.1) is 0 Å². The first kappa shape index (κ1) is 15.5. The van der Waals surface area contributed by atoms with Crippen molar-refractivity contribution in [1.82, 2.24) is 5.32 Å². The molecule has 0 saturated heterocycles. The van der Waals surface area contributed by atoms with E-state index in [1.165, 1.54) is 0 Å². The molecule has 3 heteroatoms. The number of carbonyl (C=O) groups excluding carboxylic acids is 1. The maximum atomic E-state index is 12.3. The lowest BCUT2D eigenvalue weighted by Crippen LogP contribution is -2.47. The van der Waals surface area contributed by atoms with E-state index in [0.29, 0.717) is 0 Å². The zero-order valence-electron chi connectivity index (χ0n) is 12.5. The summed E-state index contributed by atoms with van der Waals surface area (Å²) in [5.74, 6) is 0.0219. The molecule has 0 bridgehead atoms. The molecule has 0 atom stereocenters. The van der Waals surface area contributed by atoms with Crippen LogP contribution in [0.4, 0.5) is 5.69 Å². The van der Waals surface area contributed by atoms with Crippen LogP contribution in [0.1, 0.15) is 57.3 Å². The van der Waals surface area contributed by atoms with Gasteiger partial charge in [0.2, 0.25) is 0 Å². The van der Waals surface area contributed by atoms with Gasteiger partial charge in [0, 0.05) is 23.3 Å². The summed E-state index contributed by atoms with van der Waals surface area (Å²) >= 11 is 0. The number of hydrogen-bond acceptors (Lipinski definition) is 2. The van der Waals surface area contributed by atoms with Gasteiger partial charge in [0.25, 0.3) is 5.91 Å². The zero-order valence-corrected chi connectivity index (χ0v) is 12.5. The lowest BCUT2D eigenvalue weighted by molar-refractivity contribution is 0.0888. The molecule has 0 aromatic heterocycles. The van der Waals surface area contributed by atoms with Crippen molar-refractivity contribution in [2.75, 3.05) is 11.9 Å². The Morgan fingerprint density at radius 2 is 1.53 bits per heavy atom. The van der Waals surface area contributed by atoms with Crippen LogP contribution in [0.2, 0.25) is 0 Å². The summed E-state index contributed by atoms with van der Waals surface area (Å²) in [6, 6.07) is 7.64. The Balaban J connectivity index is 2.77. The Labute approximate surface area is 116 Å². The summed E-state index contributed by atoms with van der Waals surface area (Å²) in [7, 11) is 0. The fraction of sp³-hybridized carbons (Fsp3) is 0.562. The lowest BCUT2D eigenvalue weighted by Gasteiger charge is -2.31. The van der Waals surface area contributed by atoms with E-state index >= 15 is 0 Å². The van der Waals surface area contributed by atoms with Crippen LogP contribution in [0, 0.1) is 0 Å². The van der Waals surface area contributed by atoms with Crippen LogP contribution in [0.25, 0.3) is 0 Å². The number of anilines is 1. The van der Waals surface area contributed by atoms with Crippen LogP contribution in [-0.2, 0) is 0 Å². The van der Waals surface area contributed by atoms with Gasteiger partial charge in [-0.2, -0.15) is 0 Å². The maximum Gasteiger partial charge on any atom is 0.251 e. The van der Waals surface area contributed by atoms with Gasteiger partial charge >= 0.3 is 0 Å². The van der Waals surface area contributed by atoms with Crippen LogP contribution in [-0.4, -0.2) is 18.0 Å². The molecule has 2 N–H and O–H groups in total. The van der Waals surface area contributed by atoms with Gasteiger partial charge in [-0.1, -0.05) is 20.8 Å². The highest BCUT2D eigenvalue weighted by Crippen LogP contribution is 2.20. The molecule has 0 aliphatic carbocycles. The van der Waals surface area contributed by atoms with E-state index in [0.717, 1.165) is 37.1 Å². The van der Waals surface area contributed by atoms with Crippen molar-refractivity contribution in [2.45, 2.75) is 52.5 Å². The number of nitrogens with one attached hydrogen (secondary N) is 2. The number of carbonyl (C=O) groups is 1. The van der Waals surface area contributed by atoms with Crippen molar-refractivity contribution in [3.8, 4) is 0 Å². The number of rotatable bonds is 7. The molecule has 0 fully saturated rings. The monoisotopic (exact) mass is 262 g/mol. The lowest BCUT2D eigenvalue weighted by atomic mass is 9.89. The normalized spacial score (nSPS) is 11.2. The van der Waals surface area contributed by atoms with Crippen LogP contribution in [0.3, 0.4) is 0 Å². The van der Waals surface area contributed by atoms with Crippen LogP contribution in [0.15, 0.2) is 24.3 Å². The van der Waals surface area contributed by atoms with Crippen LogP contribution in [0.5, 0.6) is 0 Å². The van der Waals surface area contributed by atoms with Gasteiger partial charge in [0.05, 0.1) is 0 Å². The second kappa shape index (κ2) is 7.17. The fourth-order valence-electron chi connectivity index (χ4n) is 2.27. The van der Waals surface area contributed by atoms with Gasteiger partial charge in [0.15, 0.2) is 0 Å². The average molecular weight is 262 g/mol.